The van der Waals surface area contributed by atoms with Gasteiger partial charge in [0.2, 0.25) is 11.8 Å². The Labute approximate surface area is 169 Å². The summed E-state index contributed by atoms with van der Waals surface area (Å²) in [5, 5.41) is 11.8. The van der Waals surface area contributed by atoms with Crippen LogP contribution in [0.3, 0.4) is 0 Å². The number of benzene rings is 1. The number of hydrogen-bond donors (Lipinski definition) is 4. The molecule has 0 heterocycles. The zero-order chi connectivity index (χ0) is 21.2. The van der Waals surface area contributed by atoms with E-state index in [1.807, 2.05) is 0 Å². The molecule has 0 saturated heterocycles. The highest BCUT2D eigenvalue weighted by atomic mass is 16.2. The predicted octanol–water partition coefficient (Wildman–Crippen LogP) is 1.91. The van der Waals surface area contributed by atoms with Crippen LogP contribution in [0.25, 0.3) is 0 Å². The fourth-order valence-electron chi connectivity index (χ4n) is 3.05. The van der Waals surface area contributed by atoms with E-state index in [0.29, 0.717) is 17.1 Å². The molecule has 29 heavy (non-hydrogen) atoms. The Morgan fingerprint density at radius 1 is 0.931 bits per heavy atom. The van der Waals surface area contributed by atoms with Crippen LogP contribution in [0.2, 0.25) is 0 Å². The van der Waals surface area contributed by atoms with Crippen molar-refractivity contribution in [3.63, 3.8) is 0 Å². The van der Waals surface area contributed by atoms with E-state index in [4.69, 9.17) is 0 Å². The highest BCUT2D eigenvalue weighted by Gasteiger charge is 2.20. The first-order valence-corrected chi connectivity index (χ1v) is 9.65. The number of carbonyl (C=O) groups excluding carboxylic acids is 4. The maximum atomic E-state index is 12.2. The van der Waals surface area contributed by atoms with Crippen molar-refractivity contribution >= 4 is 40.7 Å². The highest BCUT2D eigenvalue weighted by molar-refractivity contribution is 6.35. The normalized spacial score (nSPS) is 14.6. The van der Waals surface area contributed by atoms with E-state index >= 15 is 0 Å². The third kappa shape index (κ3) is 7.73. The third-order valence-electron chi connectivity index (χ3n) is 4.42. The molecular weight excluding hydrogens is 374 g/mol. The number of carbonyl (C=O) groups is 4. The molecule has 4 amide bonds. The van der Waals surface area contributed by atoms with Crippen molar-refractivity contribution in [2.45, 2.75) is 58.4 Å². The van der Waals surface area contributed by atoms with Crippen molar-refractivity contribution in [1.82, 2.24) is 10.7 Å². The van der Waals surface area contributed by atoms with Gasteiger partial charge in [0.05, 0.1) is 17.8 Å². The van der Waals surface area contributed by atoms with Gasteiger partial charge >= 0.3 is 11.8 Å². The van der Waals surface area contributed by atoms with Crippen molar-refractivity contribution in [3.8, 4) is 0 Å². The fraction of sp³-hybridized carbons (Fsp3) is 0.450. The molecule has 1 aliphatic carbocycles. The molecule has 1 aromatic carbocycles. The van der Waals surface area contributed by atoms with E-state index < -0.39 is 11.8 Å². The lowest BCUT2D eigenvalue weighted by atomic mass is 9.95. The zero-order valence-corrected chi connectivity index (χ0v) is 16.7. The first-order chi connectivity index (χ1) is 13.8. The van der Waals surface area contributed by atoms with E-state index in [-0.39, 0.29) is 24.3 Å². The van der Waals surface area contributed by atoms with Crippen LogP contribution in [0.5, 0.6) is 0 Å². The molecule has 0 bridgehead atoms. The second kappa shape index (κ2) is 10.9. The minimum atomic E-state index is -0.855. The number of hydrazone groups is 1. The number of nitrogens with one attached hydrogen (secondary N) is 4. The topological polar surface area (TPSA) is 129 Å². The maximum Gasteiger partial charge on any atom is 0.329 e. The lowest BCUT2D eigenvalue weighted by Gasteiger charge is -2.22. The molecule has 1 aromatic rings. The Balaban J connectivity index is 1.82. The van der Waals surface area contributed by atoms with Gasteiger partial charge in [-0.15, -0.1) is 0 Å². The second-order valence-corrected chi connectivity index (χ2v) is 7.05. The van der Waals surface area contributed by atoms with Crippen molar-refractivity contribution in [1.29, 1.82) is 0 Å². The van der Waals surface area contributed by atoms with E-state index in [1.54, 1.807) is 31.2 Å². The number of anilines is 2. The Bertz CT molecular complexity index is 800. The average molecular weight is 401 g/mol. The molecular formula is C20H27N5O4. The maximum absolute atomic E-state index is 12.2. The molecule has 0 unspecified atom stereocenters. The lowest BCUT2D eigenvalue weighted by molar-refractivity contribution is -0.139. The van der Waals surface area contributed by atoms with Gasteiger partial charge in [-0.25, -0.2) is 5.43 Å². The number of nitrogens with zero attached hydrogens (tertiary/aromatic N) is 1. The smallest absolute Gasteiger partial charge is 0.329 e. The van der Waals surface area contributed by atoms with Crippen LogP contribution < -0.4 is 21.4 Å². The summed E-state index contributed by atoms with van der Waals surface area (Å²) in [5.74, 6) is -2.20. The predicted molar refractivity (Wildman–Crippen MR) is 110 cm³/mol. The van der Waals surface area contributed by atoms with Crippen molar-refractivity contribution in [2.75, 3.05) is 10.6 Å². The van der Waals surface area contributed by atoms with Crippen LogP contribution in [0.4, 0.5) is 11.4 Å². The first-order valence-electron chi connectivity index (χ1n) is 9.65. The van der Waals surface area contributed by atoms with Crippen molar-refractivity contribution < 1.29 is 19.2 Å². The van der Waals surface area contributed by atoms with Gasteiger partial charge in [-0.05, 0) is 31.9 Å². The minimum absolute atomic E-state index is 0.0292. The molecule has 1 saturated carbocycles. The largest absolute Gasteiger partial charge is 0.345 e. The summed E-state index contributed by atoms with van der Waals surface area (Å²) in [6, 6.07) is 6.83. The van der Waals surface area contributed by atoms with Gasteiger partial charge in [-0.3, -0.25) is 19.2 Å². The Morgan fingerprint density at radius 3 is 2.17 bits per heavy atom. The SMILES string of the molecule is CC(=O)Nc1ccccc1NC(=O)CC(C)=NNC(=O)C(=O)NC1CCCCC1. The molecule has 1 fully saturated rings. The van der Waals surface area contributed by atoms with Crippen LogP contribution in [0.1, 0.15) is 52.4 Å². The molecule has 1 aliphatic rings. The molecule has 0 radical (unpaired) electrons. The van der Waals surface area contributed by atoms with E-state index in [1.165, 1.54) is 6.92 Å². The molecule has 9 heteroatoms. The zero-order valence-electron chi connectivity index (χ0n) is 16.7. The van der Waals surface area contributed by atoms with Crippen LogP contribution in [-0.4, -0.2) is 35.4 Å². The Kier molecular flexibility index (Phi) is 8.32. The molecule has 156 valence electrons. The molecule has 2 rings (SSSR count). The van der Waals surface area contributed by atoms with Crippen LogP contribution >= 0.6 is 0 Å². The van der Waals surface area contributed by atoms with Gasteiger partial charge < -0.3 is 16.0 Å². The third-order valence-corrected chi connectivity index (χ3v) is 4.42. The van der Waals surface area contributed by atoms with Gasteiger partial charge in [-0.1, -0.05) is 31.4 Å². The molecule has 0 aromatic heterocycles. The minimum Gasteiger partial charge on any atom is -0.345 e. The summed E-state index contributed by atoms with van der Waals surface area (Å²) in [6.07, 6.45) is 4.91. The molecule has 0 aliphatic heterocycles. The van der Waals surface area contributed by atoms with Gasteiger partial charge in [0.25, 0.3) is 0 Å². The molecule has 4 N–H and O–H groups in total. The number of rotatable bonds is 6. The summed E-state index contributed by atoms with van der Waals surface area (Å²) in [7, 11) is 0. The standard InChI is InChI=1S/C20H27N5O4/c1-13(24-25-20(29)19(28)22-15-8-4-3-5-9-15)12-18(27)23-17-11-7-6-10-16(17)21-14(2)26/h6-7,10-11,15H,3-5,8-9,12H2,1-2H3,(H,21,26)(H,22,28)(H,23,27)(H,25,29). The van der Waals surface area contributed by atoms with Gasteiger partial charge in [-0.2, -0.15) is 5.10 Å². The quantitative estimate of drug-likeness (QED) is 0.330. The Hall–Kier alpha value is -3.23. The summed E-state index contributed by atoms with van der Waals surface area (Å²) in [5.41, 5.74) is 3.45. The summed E-state index contributed by atoms with van der Waals surface area (Å²) in [6.45, 7) is 2.95. The fourth-order valence-corrected chi connectivity index (χ4v) is 3.05. The van der Waals surface area contributed by atoms with Crippen LogP contribution in [-0.2, 0) is 19.2 Å². The van der Waals surface area contributed by atoms with Crippen molar-refractivity contribution in [3.05, 3.63) is 24.3 Å². The van der Waals surface area contributed by atoms with E-state index in [9.17, 15) is 19.2 Å². The second-order valence-electron chi connectivity index (χ2n) is 7.05. The van der Waals surface area contributed by atoms with E-state index in [0.717, 1.165) is 32.1 Å². The van der Waals surface area contributed by atoms with E-state index in [2.05, 4.69) is 26.5 Å². The monoisotopic (exact) mass is 401 g/mol. The first kappa shape index (κ1) is 22.1. The molecule has 9 nitrogen and oxygen atoms in total. The highest BCUT2D eigenvalue weighted by Crippen LogP contribution is 2.21. The van der Waals surface area contributed by atoms with Gasteiger partial charge in [0, 0.05) is 18.7 Å². The lowest BCUT2D eigenvalue weighted by Crippen LogP contribution is -2.44. The number of para-hydroxylation sites is 2. The van der Waals surface area contributed by atoms with Gasteiger partial charge in [0.15, 0.2) is 0 Å². The molecule has 0 atom stereocenters. The van der Waals surface area contributed by atoms with Crippen molar-refractivity contribution in [2.24, 2.45) is 5.10 Å². The summed E-state index contributed by atoms with van der Waals surface area (Å²) >= 11 is 0. The Morgan fingerprint density at radius 2 is 1.55 bits per heavy atom. The number of hydrogen-bond acceptors (Lipinski definition) is 5. The summed E-state index contributed by atoms with van der Waals surface area (Å²) in [4.78, 5) is 47.2. The number of amides is 4. The van der Waals surface area contributed by atoms with Gasteiger partial charge in [0.1, 0.15) is 0 Å². The average Bonchev–Trinajstić information content (AvgIpc) is 2.68. The molecule has 0 spiro atoms. The van der Waals surface area contributed by atoms with Crippen LogP contribution in [0, 0.1) is 0 Å². The van der Waals surface area contributed by atoms with Crippen LogP contribution in [0.15, 0.2) is 29.4 Å². The summed E-state index contributed by atoms with van der Waals surface area (Å²) < 4.78 is 0.